The number of fused-ring (bicyclic) bond motifs is 2. The first-order chi connectivity index (χ1) is 25.2. The van der Waals surface area contributed by atoms with Gasteiger partial charge in [-0.05, 0) is 61.5 Å². The summed E-state index contributed by atoms with van der Waals surface area (Å²) in [7, 11) is 11.0. The fourth-order valence-electron chi connectivity index (χ4n) is 7.39. The molecule has 0 heterocycles. The van der Waals surface area contributed by atoms with Gasteiger partial charge in [0, 0.05) is 9.52 Å². The molecule has 0 aliphatic rings. The van der Waals surface area contributed by atoms with Crippen molar-refractivity contribution in [1.82, 2.24) is 0 Å². The zero-order chi connectivity index (χ0) is 40.7. The van der Waals surface area contributed by atoms with E-state index in [4.69, 9.17) is 17.0 Å². The summed E-state index contributed by atoms with van der Waals surface area (Å²) < 4.78 is 0. The van der Waals surface area contributed by atoms with E-state index in [-0.39, 0.29) is 10.8 Å². The summed E-state index contributed by atoms with van der Waals surface area (Å²) in [6.07, 6.45) is 0. The number of hydrogen-bond acceptors (Lipinski definition) is 0. The van der Waals surface area contributed by atoms with Crippen molar-refractivity contribution in [3.63, 3.8) is 0 Å². The molecule has 0 aliphatic heterocycles. The zero-order valence-corrected chi connectivity index (χ0v) is 41.0. The Labute approximate surface area is 350 Å². The minimum absolute atomic E-state index is 0.121. The average Bonchev–Trinajstić information content (AvgIpc) is 3.68. The first kappa shape index (κ1) is 46.2. The second-order valence-corrected chi connectivity index (χ2v) is 22.4. The van der Waals surface area contributed by atoms with Crippen molar-refractivity contribution in [1.29, 1.82) is 0 Å². The molecule has 0 aromatic heterocycles. The number of aryl methyl sites for hydroxylation is 4. The maximum atomic E-state index is 4.93. The van der Waals surface area contributed by atoms with Gasteiger partial charge in [-0.3, -0.25) is 0 Å². The molecule has 4 heteroatoms. The second-order valence-electron chi connectivity index (χ2n) is 17.7. The van der Waals surface area contributed by atoms with Gasteiger partial charge in [0.25, 0.3) is 0 Å². The van der Waals surface area contributed by atoms with Crippen LogP contribution in [0.1, 0.15) is 126 Å². The molecule has 0 aliphatic carbocycles. The van der Waals surface area contributed by atoms with Crippen molar-refractivity contribution < 1.29 is 20.8 Å². The molecule has 6 aromatic rings. The molecular weight excluding hydrogens is 791 g/mol. The van der Waals surface area contributed by atoms with E-state index in [1.807, 2.05) is 0 Å². The van der Waals surface area contributed by atoms with E-state index < -0.39 is 20.8 Å². The van der Waals surface area contributed by atoms with Gasteiger partial charge in [-0.25, -0.2) is 0 Å². The van der Waals surface area contributed by atoms with Crippen LogP contribution in [0.5, 0.6) is 0 Å². The van der Waals surface area contributed by atoms with Crippen molar-refractivity contribution in [3.05, 3.63) is 129 Å². The van der Waals surface area contributed by atoms with E-state index in [0.29, 0.717) is 11.8 Å². The molecule has 0 unspecified atom stereocenters. The molecular formula is C50H64Cl2SiZr. The summed E-state index contributed by atoms with van der Waals surface area (Å²) in [4.78, 5) is 0. The van der Waals surface area contributed by atoms with Crippen LogP contribution in [-0.2, 0) is 31.7 Å². The first-order valence-corrected chi connectivity index (χ1v) is 27.7. The Morgan fingerprint density at radius 1 is 0.519 bits per heavy atom. The van der Waals surface area contributed by atoms with E-state index in [2.05, 4.69) is 195 Å². The molecule has 54 heavy (non-hydrogen) atoms. The van der Waals surface area contributed by atoms with Crippen LogP contribution in [0.4, 0.5) is 0 Å². The van der Waals surface area contributed by atoms with Crippen molar-refractivity contribution in [2.75, 3.05) is 0 Å². The Morgan fingerprint density at radius 2 is 0.796 bits per heavy atom. The Morgan fingerprint density at radius 3 is 1.04 bits per heavy atom. The van der Waals surface area contributed by atoms with Gasteiger partial charge in [0.15, 0.2) is 0 Å². The van der Waals surface area contributed by atoms with Crippen LogP contribution in [0.25, 0.3) is 43.8 Å². The second kappa shape index (κ2) is 19.8. The molecule has 0 saturated heterocycles. The summed E-state index contributed by atoms with van der Waals surface area (Å²) in [5.74, 6) is 1.12. The summed E-state index contributed by atoms with van der Waals surface area (Å²) in [6, 6.07) is 32.6. The standard InChI is InChI=1S/2C24H29.C2H6Si.2ClH.Zr/c2*1-15(2)19-13-18-8-9-22(24(5,6)7)23(21(18)14-19)20-11-16(3)10-17(4)12-20;1-3-2;;;/h2*8-15H,1-7H3;1-2H3;2*1H;/q2*-1;;;;+4/p-2. The zero-order valence-electron chi connectivity index (χ0n) is 36.0. The van der Waals surface area contributed by atoms with E-state index in [0.717, 1.165) is 9.52 Å². The van der Waals surface area contributed by atoms with Crippen LogP contribution < -0.4 is 0 Å². The van der Waals surface area contributed by atoms with Crippen molar-refractivity contribution in [2.45, 2.75) is 133 Å². The first-order valence-electron chi connectivity index (χ1n) is 19.4. The monoisotopic (exact) mass is 852 g/mol. The predicted octanol–water partition coefficient (Wildman–Crippen LogP) is 16.7. The molecule has 286 valence electrons. The van der Waals surface area contributed by atoms with Gasteiger partial charge in [0.2, 0.25) is 0 Å². The molecule has 0 atom stereocenters. The summed E-state index contributed by atoms with van der Waals surface area (Å²) in [6.45, 7) is 36.0. The molecule has 0 saturated carbocycles. The molecule has 0 nitrogen and oxygen atoms in total. The number of benzene rings is 4. The summed E-state index contributed by atoms with van der Waals surface area (Å²) in [5.41, 5.74) is 16.8. The van der Waals surface area contributed by atoms with Gasteiger partial charge in [-0.1, -0.05) is 163 Å². The molecule has 0 N–H and O–H groups in total. The normalized spacial score (nSPS) is 11.5. The third-order valence-corrected chi connectivity index (χ3v) is 9.79. The fourth-order valence-corrected chi connectivity index (χ4v) is 7.39. The Bertz CT molecular complexity index is 1930. The molecule has 6 rings (SSSR count). The van der Waals surface area contributed by atoms with Gasteiger partial charge in [0.05, 0.1) is 0 Å². The van der Waals surface area contributed by atoms with Crippen molar-refractivity contribution >= 4 is 48.1 Å². The average molecular weight is 855 g/mol. The molecule has 6 aromatic carbocycles. The number of hydrogen-bond donors (Lipinski definition) is 0. The van der Waals surface area contributed by atoms with Crippen LogP contribution in [0, 0.1) is 27.7 Å². The van der Waals surface area contributed by atoms with Crippen LogP contribution in [0.2, 0.25) is 13.1 Å². The third-order valence-electron chi connectivity index (χ3n) is 9.79. The SMILES string of the molecule is C[Si]C.Cc1cc(C)cc(-c2c(C(C)(C)C)ccc3[cH-]c(C(C)C)cc23)c1.Cc1cc(C)cc(-c2c(C(C)(C)C)ccc3[cH-]c(C(C)C)cc23)c1.[Cl][Zr+2][Cl]. The van der Waals surface area contributed by atoms with Gasteiger partial charge >= 0.3 is 37.9 Å². The van der Waals surface area contributed by atoms with E-state index in [1.54, 1.807) is 0 Å². The van der Waals surface area contributed by atoms with Gasteiger partial charge in [-0.15, -0.1) is 69.1 Å². The van der Waals surface area contributed by atoms with Crippen LogP contribution in [0.15, 0.2) is 84.9 Å². The molecule has 0 amide bonds. The summed E-state index contributed by atoms with van der Waals surface area (Å²) >= 11 is -0.826. The van der Waals surface area contributed by atoms with Crippen LogP contribution in [0.3, 0.4) is 0 Å². The van der Waals surface area contributed by atoms with Gasteiger partial charge < -0.3 is 0 Å². The van der Waals surface area contributed by atoms with E-state index in [1.165, 1.54) is 88.3 Å². The molecule has 0 bridgehead atoms. The number of halogens is 2. The van der Waals surface area contributed by atoms with E-state index >= 15 is 0 Å². The quantitative estimate of drug-likeness (QED) is 0.122. The van der Waals surface area contributed by atoms with Crippen LogP contribution >= 0.6 is 17.0 Å². The fraction of sp³-hybridized carbons (Fsp3) is 0.400. The van der Waals surface area contributed by atoms with Crippen LogP contribution in [-0.4, -0.2) is 9.52 Å². The molecule has 0 spiro atoms. The van der Waals surface area contributed by atoms with E-state index in [9.17, 15) is 0 Å². The van der Waals surface area contributed by atoms with Gasteiger partial charge in [0.1, 0.15) is 0 Å². The Kier molecular flexibility index (Phi) is 16.9. The minimum atomic E-state index is -0.826. The predicted molar refractivity (Wildman–Crippen MR) is 244 cm³/mol. The van der Waals surface area contributed by atoms with Gasteiger partial charge in [-0.2, -0.15) is 12.1 Å². The topological polar surface area (TPSA) is 0 Å². The maximum absolute atomic E-state index is 4.93. The Hall–Kier alpha value is -2.22. The summed E-state index contributed by atoms with van der Waals surface area (Å²) in [5, 5.41) is 5.52. The third kappa shape index (κ3) is 11.9. The van der Waals surface area contributed by atoms with Crippen molar-refractivity contribution in [2.24, 2.45) is 0 Å². The Balaban J connectivity index is 0.000000254. The molecule has 0 fully saturated rings. The number of rotatable bonds is 4. The molecule has 2 radical (unpaired) electrons. The van der Waals surface area contributed by atoms with Crippen molar-refractivity contribution in [3.8, 4) is 22.3 Å².